The lowest BCUT2D eigenvalue weighted by molar-refractivity contribution is -0.141. The summed E-state index contributed by atoms with van der Waals surface area (Å²) < 4.78 is 17.8. The Kier molecular flexibility index (Phi) is 9.75. The van der Waals surface area contributed by atoms with Gasteiger partial charge in [-0.3, -0.25) is 14.3 Å². The van der Waals surface area contributed by atoms with Gasteiger partial charge in [0.15, 0.2) is 5.69 Å². The highest BCUT2D eigenvalue weighted by molar-refractivity contribution is 5.94. The van der Waals surface area contributed by atoms with Crippen LogP contribution in [0.2, 0.25) is 0 Å². The van der Waals surface area contributed by atoms with Gasteiger partial charge in [-0.2, -0.15) is 5.10 Å². The second-order valence-corrected chi connectivity index (χ2v) is 8.42. The summed E-state index contributed by atoms with van der Waals surface area (Å²) in [6, 6.07) is 6.97. The second kappa shape index (κ2) is 12.3. The SMILES string of the molecule is CCC(CC)Cn1nc(C(=O)NC(CC(=O)OC)C(C)C)cc1-c1c(OC)cccc1OC. The molecule has 33 heavy (non-hydrogen) atoms. The molecule has 0 fully saturated rings. The molecule has 0 aliphatic heterocycles. The van der Waals surface area contributed by atoms with Gasteiger partial charge in [0.25, 0.3) is 5.91 Å². The number of carbonyl (C=O) groups is 2. The normalized spacial score (nSPS) is 12.0. The summed E-state index contributed by atoms with van der Waals surface area (Å²) in [5.74, 6) is 1.02. The Bertz CT molecular complexity index is 912. The van der Waals surface area contributed by atoms with Gasteiger partial charge in [0, 0.05) is 12.6 Å². The van der Waals surface area contributed by atoms with Crippen molar-refractivity contribution in [3.8, 4) is 22.8 Å². The predicted octanol–water partition coefficient (Wildman–Crippen LogP) is 4.32. The Balaban J connectivity index is 2.51. The standard InChI is InChI=1S/C25H37N3O5/c1-8-17(9-2)15-28-20(24-21(31-5)11-10-12-22(24)32-6)13-19(27-28)25(30)26-18(16(3)4)14-23(29)33-7/h10-13,16-18H,8-9,14-15H2,1-7H3,(H,26,30). The van der Waals surface area contributed by atoms with Gasteiger partial charge in [-0.15, -0.1) is 0 Å². The van der Waals surface area contributed by atoms with E-state index in [2.05, 4.69) is 24.3 Å². The average molecular weight is 460 g/mol. The maximum Gasteiger partial charge on any atom is 0.307 e. The highest BCUT2D eigenvalue weighted by Gasteiger charge is 2.25. The van der Waals surface area contributed by atoms with Crippen LogP contribution >= 0.6 is 0 Å². The number of nitrogens with zero attached hydrogens (tertiary/aromatic N) is 2. The van der Waals surface area contributed by atoms with E-state index in [0.29, 0.717) is 24.0 Å². The van der Waals surface area contributed by atoms with Crippen LogP contribution in [0, 0.1) is 11.8 Å². The van der Waals surface area contributed by atoms with E-state index < -0.39 is 0 Å². The molecular formula is C25H37N3O5. The molecule has 0 aliphatic carbocycles. The van der Waals surface area contributed by atoms with Crippen LogP contribution in [0.15, 0.2) is 24.3 Å². The van der Waals surface area contributed by atoms with Crippen molar-refractivity contribution in [2.75, 3.05) is 21.3 Å². The van der Waals surface area contributed by atoms with Crippen LogP contribution in [0.1, 0.15) is 57.4 Å². The number of rotatable bonds is 12. The number of carbonyl (C=O) groups excluding carboxylic acids is 2. The van der Waals surface area contributed by atoms with E-state index in [-0.39, 0.29) is 36.0 Å². The molecule has 1 aromatic heterocycles. The Morgan fingerprint density at radius 3 is 2.15 bits per heavy atom. The fourth-order valence-electron chi connectivity index (χ4n) is 3.72. The fourth-order valence-corrected chi connectivity index (χ4v) is 3.72. The van der Waals surface area contributed by atoms with Gasteiger partial charge in [-0.25, -0.2) is 0 Å². The topological polar surface area (TPSA) is 91.7 Å². The number of esters is 1. The molecule has 8 heteroatoms. The van der Waals surface area contributed by atoms with Gasteiger partial charge in [0.1, 0.15) is 11.5 Å². The van der Waals surface area contributed by atoms with Crippen molar-refractivity contribution in [1.82, 2.24) is 15.1 Å². The third kappa shape index (κ3) is 6.49. The minimum atomic E-state index is -0.368. The average Bonchev–Trinajstić information content (AvgIpc) is 3.24. The smallest absolute Gasteiger partial charge is 0.307 e. The summed E-state index contributed by atoms with van der Waals surface area (Å²) in [6.45, 7) is 8.85. The predicted molar refractivity (Wildman–Crippen MR) is 128 cm³/mol. The summed E-state index contributed by atoms with van der Waals surface area (Å²) in [5, 5.41) is 7.61. The maximum absolute atomic E-state index is 13.2. The van der Waals surface area contributed by atoms with Crippen molar-refractivity contribution in [2.24, 2.45) is 11.8 Å². The summed E-state index contributed by atoms with van der Waals surface area (Å²) in [4.78, 5) is 25.0. The number of nitrogens with one attached hydrogen (secondary N) is 1. The van der Waals surface area contributed by atoms with E-state index >= 15 is 0 Å². The van der Waals surface area contributed by atoms with Gasteiger partial charge < -0.3 is 19.5 Å². The third-order valence-corrected chi connectivity index (χ3v) is 6.02. The zero-order chi connectivity index (χ0) is 24.5. The van der Waals surface area contributed by atoms with Crippen molar-refractivity contribution >= 4 is 11.9 Å². The van der Waals surface area contributed by atoms with E-state index in [1.54, 1.807) is 20.3 Å². The van der Waals surface area contributed by atoms with Crippen molar-refractivity contribution in [1.29, 1.82) is 0 Å². The lowest BCUT2D eigenvalue weighted by atomic mass is 10.0. The number of methoxy groups -OCH3 is 3. The molecule has 1 amide bonds. The van der Waals surface area contributed by atoms with Crippen LogP contribution in [0.3, 0.4) is 0 Å². The third-order valence-electron chi connectivity index (χ3n) is 6.02. The van der Waals surface area contributed by atoms with Crippen molar-refractivity contribution in [2.45, 2.75) is 59.5 Å². The fraction of sp³-hybridized carbons (Fsp3) is 0.560. The van der Waals surface area contributed by atoms with Crippen LogP contribution < -0.4 is 14.8 Å². The number of aromatic nitrogens is 2. The zero-order valence-electron chi connectivity index (χ0n) is 20.8. The minimum Gasteiger partial charge on any atom is -0.496 e. The Labute approximate surface area is 196 Å². The van der Waals surface area contributed by atoms with Crippen molar-refractivity contribution < 1.29 is 23.8 Å². The quantitative estimate of drug-likeness (QED) is 0.475. The molecule has 1 unspecified atom stereocenters. The number of hydrogen-bond acceptors (Lipinski definition) is 6. The first-order chi connectivity index (χ1) is 15.8. The lowest BCUT2D eigenvalue weighted by Crippen LogP contribution is -2.40. The molecule has 0 spiro atoms. The molecule has 1 N–H and O–H groups in total. The molecule has 0 radical (unpaired) electrons. The summed E-state index contributed by atoms with van der Waals surface area (Å²) in [6.07, 6.45) is 2.09. The van der Waals surface area contributed by atoms with Crippen LogP contribution in [0.25, 0.3) is 11.3 Å². The second-order valence-electron chi connectivity index (χ2n) is 8.42. The number of hydrogen-bond donors (Lipinski definition) is 1. The van der Waals surface area contributed by atoms with Gasteiger partial charge in [0.2, 0.25) is 0 Å². The Morgan fingerprint density at radius 2 is 1.67 bits per heavy atom. The van der Waals surface area contributed by atoms with Gasteiger partial charge in [-0.1, -0.05) is 46.6 Å². The van der Waals surface area contributed by atoms with Gasteiger partial charge in [0.05, 0.1) is 39.0 Å². The first kappa shape index (κ1) is 26.2. The van der Waals surface area contributed by atoms with Crippen LogP contribution in [0.4, 0.5) is 0 Å². The molecule has 1 heterocycles. The van der Waals surface area contributed by atoms with E-state index in [4.69, 9.17) is 14.2 Å². The van der Waals surface area contributed by atoms with E-state index in [1.807, 2.05) is 36.7 Å². The van der Waals surface area contributed by atoms with E-state index in [0.717, 1.165) is 24.1 Å². The maximum atomic E-state index is 13.2. The molecule has 2 aromatic rings. The van der Waals surface area contributed by atoms with Gasteiger partial charge in [-0.05, 0) is 30.0 Å². The molecule has 182 valence electrons. The molecule has 0 saturated carbocycles. The summed E-state index contributed by atoms with van der Waals surface area (Å²) >= 11 is 0. The van der Waals surface area contributed by atoms with Crippen LogP contribution in [-0.2, 0) is 16.1 Å². The van der Waals surface area contributed by atoms with E-state index in [9.17, 15) is 9.59 Å². The molecule has 1 aromatic carbocycles. The number of amides is 1. The molecule has 2 rings (SSSR count). The van der Waals surface area contributed by atoms with Crippen LogP contribution in [-0.4, -0.2) is 49.0 Å². The van der Waals surface area contributed by atoms with Crippen LogP contribution in [0.5, 0.6) is 11.5 Å². The Hall–Kier alpha value is -3.03. The zero-order valence-corrected chi connectivity index (χ0v) is 20.8. The largest absolute Gasteiger partial charge is 0.496 e. The summed E-state index contributed by atoms with van der Waals surface area (Å²) in [7, 11) is 4.55. The molecule has 0 saturated heterocycles. The minimum absolute atomic E-state index is 0.0495. The number of ether oxygens (including phenoxy) is 3. The molecule has 0 aliphatic rings. The Morgan fingerprint density at radius 1 is 1.06 bits per heavy atom. The monoisotopic (exact) mass is 459 g/mol. The lowest BCUT2D eigenvalue weighted by Gasteiger charge is -2.20. The molecule has 1 atom stereocenters. The molecular weight excluding hydrogens is 422 g/mol. The van der Waals surface area contributed by atoms with Gasteiger partial charge >= 0.3 is 5.97 Å². The number of benzene rings is 1. The first-order valence-electron chi connectivity index (χ1n) is 11.5. The summed E-state index contributed by atoms with van der Waals surface area (Å²) in [5.41, 5.74) is 1.77. The highest BCUT2D eigenvalue weighted by atomic mass is 16.5. The molecule has 8 nitrogen and oxygen atoms in total. The van der Waals surface area contributed by atoms with Crippen molar-refractivity contribution in [3.63, 3.8) is 0 Å². The van der Waals surface area contributed by atoms with E-state index in [1.165, 1.54) is 7.11 Å². The highest BCUT2D eigenvalue weighted by Crippen LogP contribution is 2.39. The first-order valence-corrected chi connectivity index (χ1v) is 11.5. The molecule has 0 bridgehead atoms. The van der Waals surface area contributed by atoms with Crippen molar-refractivity contribution in [3.05, 3.63) is 30.0 Å².